The standard InChI is InChI=1S/C26H46O4S/c1-6-18-22-15-17(27)9-12-26(22,4)21-10-13-25(3)19(16(2)11-14-31(5,29)30)7-8-20(25)23(21)24(18)28/h16-24,27-28H,6-15H2,1-5H3/t16-,17-,18-,19?,20?,21?,22+,23?,24-,25-,26-/m1/s1. The molecular weight excluding hydrogens is 408 g/mol. The molecule has 4 fully saturated rings. The van der Waals surface area contributed by atoms with Gasteiger partial charge >= 0.3 is 0 Å². The minimum absolute atomic E-state index is 0.198. The molecule has 4 aliphatic carbocycles. The molecule has 0 aromatic carbocycles. The van der Waals surface area contributed by atoms with Crippen LogP contribution in [-0.2, 0) is 9.84 Å². The van der Waals surface area contributed by atoms with Crippen molar-refractivity contribution >= 4 is 9.84 Å². The molecule has 31 heavy (non-hydrogen) atoms. The van der Waals surface area contributed by atoms with Crippen molar-refractivity contribution in [2.45, 2.75) is 97.7 Å². The van der Waals surface area contributed by atoms with Gasteiger partial charge in [-0.2, -0.15) is 0 Å². The number of fused-ring (bicyclic) bond motifs is 5. The number of aliphatic hydroxyl groups is 2. The van der Waals surface area contributed by atoms with E-state index in [0.29, 0.717) is 47.2 Å². The molecule has 4 unspecified atom stereocenters. The second-order valence-electron chi connectivity index (χ2n) is 12.5. The van der Waals surface area contributed by atoms with Crippen LogP contribution in [0.25, 0.3) is 0 Å². The Morgan fingerprint density at radius 2 is 1.61 bits per heavy atom. The molecule has 4 nitrogen and oxygen atoms in total. The molecule has 0 radical (unpaired) electrons. The van der Waals surface area contributed by atoms with Gasteiger partial charge in [0.1, 0.15) is 9.84 Å². The molecular formula is C26H46O4S. The van der Waals surface area contributed by atoms with Crippen molar-refractivity contribution in [2.24, 2.45) is 52.3 Å². The summed E-state index contributed by atoms with van der Waals surface area (Å²) in [5, 5.41) is 22.2. The number of hydrogen-bond donors (Lipinski definition) is 2. The van der Waals surface area contributed by atoms with Gasteiger partial charge < -0.3 is 10.2 Å². The highest BCUT2D eigenvalue weighted by Gasteiger charge is 2.64. The van der Waals surface area contributed by atoms with E-state index in [-0.39, 0.29) is 23.0 Å². The van der Waals surface area contributed by atoms with Crippen molar-refractivity contribution in [3.8, 4) is 0 Å². The summed E-state index contributed by atoms with van der Waals surface area (Å²) in [6.45, 7) is 9.44. The lowest BCUT2D eigenvalue weighted by Gasteiger charge is -2.64. The molecule has 0 aromatic heterocycles. The predicted octanol–water partition coefficient (Wildman–Crippen LogP) is 4.68. The van der Waals surface area contributed by atoms with E-state index in [2.05, 4.69) is 27.7 Å². The number of rotatable bonds is 5. The summed E-state index contributed by atoms with van der Waals surface area (Å²) in [7, 11) is -2.92. The summed E-state index contributed by atoms with van der Waals surface area (Å²) >= 11 is 0. The first-order valence-corrected chi connectivity index (χ1v) is 15.0. The Balaban J connectivity index is 1.61. The highest BCUT2D eigenvalue weighted by molar-refractivity contribution is 7.90. The minimum atomic E-state index is -2.92. The van der Waals surface area contributed by atoms with E-state index in [4.69, 9.17) is 0 Å². The zero-order valence-corrected chi connectivity index (χ0v) is 21.2. The lowest BCUT2D eigenvalue weighted by atomic mass is 9.41. The molecule has 0 saturated heterocycles. The molecule has 180 valence electrons. The minimum Gasteiger partial charge on any atom is -0.393 e. The molecule has 0 aliphatic heterocycles. The van der Waals surface area contributed by atoms with Gasteiger partial charge in [0.05, 0.1) is 18.0 Å². The summed E-state index contributed by atoms with van der Waals surface area (Å²) in [6.07, 6.45) is 10.3. The molecule has 0 spiro atoms. The topological polar surface area (TPSA) is 74.6 Å². The lowest BCUT2D eigenvalue weighted by Crippen LogP contribution is -2.62. The van der Waals surface area contributed by atoms with Gasteiger partial charge in [-0.25, -0.2) is 8.42 Å². The molecule has 4 rings (SSSR count). The van der Waals surface area contributed by atoms with Gasteiger partial charge in [-0.1, -0.05) is 34.1 Å². The van der Waals surface area contributed by atoms with Gasteiger partial charge in [-0.3, -0.25) is 0 Å². The molecule has 0 aromatic rings. The Hall–Kier alpha value is -0.130. The first-order valence-electron chi connectivity index (χ1n) is 13.0. The summed E-state index contributed by atoms with van der Waals surface area (Å²) in [5.74, 6) is 3.48. The van der Waals surface area contributed by atoms with Crippen molar-refractivity contribution in [1.29, 1.82) is 0 Å². The van der Waals surface area contributed by atoms with Crippen LogP contribution < -0.4 is 0 Å². The maximum absolute atomic E-state index is 11.8. The zero-order chi connectivity index (χ0) is 22.8. The van der Waals surface area contributed by atoms with Crippen molar-refractivity contribution in [2.75, 3.05) is 12.0 Å². The first kappa shape index (κ1) is 24.0. The van der Waals surface area contributed by atoms with E-state index in [9.17, 15) is 18.6 Å². The van der Waals surface area contributed by atoms with Crippen LogP contribution in [0.1, 0.15) is 85.5 Å². The fraction of sp³-hybridized carbons (Fsp3) is 1.00. The summed E-state index contributed by atoms with van der Waals surface area (Å²) in [4.78, 5) is 0. The molecule has 4 saturated carbocycles. The smallest absolute Gasteiger partial charge is 0.147 e. The molecule has 0 heterocycles. The number of hydrogen-bond acceptors (Lipinski definition) is 4. The van der Waals surface area contributed by atoms with Gasteiger partial charge in [0, 0.05) is 6.26 Å². The largest absolute Gasteiger partial charge is 0.393 e. The summed E-state index contributed by atoms with van der Waals surface area (Å²) < 4.78 is 23.5. The lowest BCUT2D eigenvalue weighted by molar-refractivity contribution is -0.203. The van der Waals surface area contributed by atoms with Gasteiger partial charge in [0.2, 0.25) is 0 Å². The van der Waals surface area contributed by atoms with E-state index < -0.39 is 9.84 Å². The average Bonchev–Trinajstić information content (AvgIpc) is 3.04. The molecule has 4 aliphatic rings. The van der Waals surface area contributed by atoms with Crippen molar-refractivity contribution in [3.63, 3.8) is 0 Å². The Labute approximate surface area is 190 Å². The summed E-state index contributed by atoms with van der Waals surface area (Å²) in [5.41, 5.74) is 0.458. The number of sulfone groups is 1. The second kappa shape index (κ2) is 8.27. The van der Waals surface area contributed by atoms with Crippen LogP contribution in [0.3, 0.4) is 0 Å². The van der Waals surface area contributed by atoms with Crippen LogP contribution >= 0.6 is 0 Å². The van der Waals surface area contributed by atoms with Crippen LogP contribution in [0.15, 0.2) is 0 Å². The zero-order valence-electron chi connectivity index (χ0n) is 20.4. The fourth-order valence-electron chi connectivity index (χ4n) is 9.53. The molecule has 5 heteroatoms. The monoisotopic (exact) mass is 454 g/mol. The van der Waals surface area contributed by atoms with Crippen molar-refractivity contribution in [1.82, 2.24) is 0 Å². The quantitative estimate of drug-likeness (QED) is 0.632. The Morgan fingerprint density at radius 1 is 0.968 bits per heavy atom. The van der Waals surface area contributed by atoms with Crippen LogP contribution in [-0.4, -0.2) is 42.8 Å². The average molecular weight is 455 g/mol. The molecule has 2 N–H and O–H groups in total. The van der Waals surface area contributed by atoms with Gasteiger partial charge in [0.15, 0.2) is 0 Å². The maximum atomic E-state index is 11.8. The molecule has 0 amide bonds. The normalized spacial score (nSPS) is 50.9. The van der Waals surface area contributed by atoms with Crippen LogP contribution in [0.4, 0.5) is 0 Å². The van der Waals surface area contributed by atoms with Crippen molar-refractivity contribution < 1.29 is 18.6 Å². The third-order valence-electron chi connectivity index (χ3n) is 11.1. The second-order valence-corrected chi connectivity index (χ2v) is 14.8. The van der Waals surface area contributed by atoms with E-state index in [1.807, 2.05) is 0 Å². The molecule has 11 atom stereocenters. The highest BCUT2D eigenvalue weighted by Crippen LogP contribution is 2.69. The first-order chi connectivity index (χ1) is 14.4. The Bertz CT molecular complexity index is 765. The number of aliphatic hydroxyl groups excluding tert-OH is 2. The van der Waals surface area contributed by atoms with E-state index in [1.54, 1.807) is 0 Å². The Morgan fingerprint density at radius 3 is 2.26 bits per heavy atom. The maximum Gasteiger partial charge on any atom is 0.147 e. The van der Waals surface area contributed by atoms with Crippen LogP contribution in [0, 0.1) is 52.3 Å². The van der Waals surface area contributed by atoms with E-state index in [1.165, 1.54) is 31.9 Å². The predicted molar refractivity (Wildman–Crippen MR) is 125 cm³/mol. The highest BCUT2D eigenvalue weighted by atomic mass is 32.2. The van der Waals surface area contributed by atoms with Crippen LogP contribution in [0.2, 0.25) is 0 Å². The fourth-order valence-corrected chi connectivity index (χ4v) is 10.3. The van der Waals surface area contributed by atoms with Crippen molar-refractivity contribution in [3.05, 3.63) is 0 Å². The Kier molecular flexibility index (Phi) is 6.40. The SMILES string of the molecule is CC[C@H]1[C@@H](O)C2C3CCC([C@H](C)CCS(C)(=O)=O)[C@@]3(C)CCC2[C@@]2(C)CC[C@@H](O)C[C@@H]12. The van der Waals surface area contributed by atoms with E-state index in [0.717, 1.165) is 32.1 Å². The summed E-state index contributed by atoms with van der Waals surface area (Å²) in [6, 6.07) is 0. The van der Waals surface area contributed by atoms with Gasteiger partial charge in [-0.15, -0.1) is 0 Å². The van der Waals surface area contributed by atoms with E-state index >= 15 is 0 Å². The van der Waals surface area contributed by atoms with Crippen LogP contribution in [0.5, 0.6) is 0 Å². The van der Waals surface area contributed by atoms with Gasteiger partial charge in [0.25, 0.3) is 0 Å². The molecule has 0 bridgehead atoms. The third kappa shape index (κ3) is 3.93. The van der Waals surface area contributed by atoms with Gasteiger partial charge in [-0.05, 0) is 104 Å². The third-order valence-corrected chi connectivity index (χ3v) is 12.1.